The van der Waals surface area contributed by atoms with Crippen molar-refractivity contribution >= 4 is 23.9 Å². The highest BCUT2D eigenvalue weighted by Gasteiger charge is 2.56. The SMILES string of the molecule is CC(=O)O[C@@H]1[C@H](OC(C)=O)[C@H](OC(C)=O)[C@@H](O)[C@@H](O)[C@@H]1OC(C)=O. The number of hydrogen-bond donors (Lipinski definition) is 2. The number of hydrogen-bond acceptors (Lipinski definition) is 10. The lowest BCUT2D eigenvalue weighted by molar-refractivity contribution is -0.251. The molecule has 10 nitrogen and oxygen atoms in total. The van der Waals surface area contributed by atoms with Crippen molar-refractivity contribution in [2.24, 2.45) is 0 Å². The zero-order valence-corrected chi connectivity index (χ0v) is 13.6. The predicted molar refractivity (Wildman–Crippen MR) is 74.2 cm³/mol. The number of ether oxygens (including phenoxy) is 4. The summed E-state index contributed by atoms with van der Waals surface area (Å²) in [6, 6.07) is 0. The molecule has 0 aromatic rings. The van der Waals surface area contributed by atoms with Crippen LogP contribution in [0.5, 0.6) is 0 Å². The Morgan fingerprint density at radius 2 is 0.750 bits per heavy atom. The Hall–Kier alpha value is -2.20. The van der Waals surface area contributed by atoms with Crippen LogP contribution in [-0.4, -0.2) is 70.7 Å². The first-order valence-corrected chi connectivity index (χ1v) is 7.09. The second-order valence-corrected chi connectivity index (χ2v) is 5.28. The second-order valence-electron chi connectivity index (χ2n) is 5.28. The molecule has 0 aromatic carbocycles. The lowest BCUT2D eigenvalue weighted by Gasteiger charge is -2.44. The largest absolute Gasteiger partial charge is 0.456 e. The molecule has 0 amide bonds. The van der Waals surface area contributed by atoms with Gasteiger partial charge in [0.05, 0.1) is 0 Å². The molecule has 1 saturated carbocycles. The molecule has 1 rings (SSSR count). The summed E-state index contributed by atoms with van der Waals surface area (Å²) < 4.78 is 19.8. The summed E-state index contributed by atoms with van der Waals surface area (Å²) in [6.45, 7) is 4.19. The van der Waals surface area contributed by atoms with Crippen molar-refractivity contribution in [2.45, 2.75) is 64.3 Å². The third-order valence-corrected chi connectivity index (χ3v) is 3.20. The van der Waals surface area contributed by atoms with Crippen molar-refractivity contribution in [1.82, 2.24) is 0 Å². The minimum atomic E-state index is -1.74. The highest BCUT2D eigenvalue weighted by atomic mass is 16.6. The topological polar surface area (TPSA) is 146 Å². The van der Waals surface area contributed by atoms with E-state index in [9.17, 15) is 29.4 Å². The summed E-state index contributed by atoms with van der Waals surface area (Å²) in [5.41, 5.74) is 0. The third kappa shape index (κ3) is 4.90. The van der Waals surface area contributed by atoms with Crippen molar-refractivity contribution in [3.05, 3.63) is 0 Å². The lowest BCUT2D eigenvalue weighted by Crippen LogP contribution is -2.67. The molecule has 1 fully saturated rings. The summed E-state index contributed by atoms with van der Waals surface area (Å²) >= 11 is 0. The highest BCUT2D eigenvalue weighted by Crippen LogP contribution is 2.30. The molecule has 2 N–H and O–H groups in total. The van der Waals surface area contributed by atoms with Crippen LogP contribution in [0, 0.1) is 0 Å². The van der Waals surface area contributed by atoms with Gasteiger partial charge >= 0.3 is 23.9 Å². The van der Waals surface area contributed by atoms with E-state index in [2.05, 4.69) is 0 Å². The van der Waals surface area contributed by atoms with E-state index in [4.69, 9.17) is 18.9 Å². The summed E-state index contributed by atoms with van der Waals surface area (Å²) in [6.07, 6.45) is -9.46. The van der Waals surface area contributed by atoms with Gasteiger partial charge in [0.15, 0.2) is 24.4 Å². The number of aliphatic hydroxyl groups is 2. The molecule has 0 aliphatic heterocycles. The Morgan fingerprint density at radius 3 is 0.958 bits per heavy atom. The fourth-order valence-corrected chi connectivity index (χ4v) is 2.46. The lowest BCUT2D eigenvalue weighted by atomic mass is 9.84. The maximum absolute atomic E-state index is 11.3. The molecule has 1 aliphatic carbocycles. The van der Waals surface area contributed by atoms with Crippen LogP contribution in [-0.2, 0) is 38.1 Å². The minimum Gasteiger partial charge on any atom is -0.456 e. The van der Waals surface area contributed by atoms with Crippen molar-refractivity contribution in [3.8, 4) is 0 Å². The number of carbonyl (C=O) groups excluding carboxylic acids is 4. The molecule has 10 heteroatoms. The van der Waals surface area contributed by atoms with E-state index in [1.165, 1.54) is 0 Å². The minimum absolute atomic E-state index is 0.820. The first-order valence-electron chi connectivity index (χ1n) is 7.09. The molecule has 136 valence electrons. The van der Waals surface area contributed by atoms with Gasteiger partial charge in [-0.05, 0) is 0 Å². The van der Waals surface area contributed by atoms with Crippen LogP contribution in [0.2, 0.25) is 0 Å². The molecular formula is C14H20O10. The van der Waals surface area contributed by atoms with E-state index in [1.54, 1.807) is 0 Å². The number of aliphatic hydroxyl groups excluding tert-OH is 2. The second kappa shape index (κ2) is 8.06. The first kappa shape index (κ1) is 19.8. The van der Waals surface area contributed by atoms with Crippen LogP contribution in [0.15, 0.2) is 0 Å². The van der Waals surface area contributed by atoms with Crippen LogP contribution in [0.4, 0.5) is 0 Å². The van der Waals surface area contributed by atoms with Gasteiger partial charge in [0.1, 0.15) is 12.2 Å². The molecular weight excluding hydrogens is 328 g/mol. The normalized spacial score (nSPS) is 32.4. The van der Waals surface area contributed by atoms with Gasteiger partial charge in [-0.3, -0.25) is 19.2 Å². The summed E-state index contributed by atoms with van der Waals surface area (Å²) in [7, 11) is 0. The summed E-state index contributed by atoms with van der Waals surface area (Å²) in [5.74, 6) is -3.29. The Labute approximate surface area is 137 Å². The van der Waals surface area contributed by atoms with Gasteiger partial charge in [0.2, 0.25) is 0 Å². The van der Waals surface area contributed by atoms with E-state index >= 15 is 0 Å². The molecule has 24 heavy (non-hydrogen) atoms. The van der Waals surface area contributed by atoms with Gasteiger partial charge in [-0.2, -0.15) is 0 Å². The third-order valence-electron chi connectivity index (χ3n) is 3.20. The zero-order chi connectivity index (χ0) is 18.6. The van der Waals surface area contributed by atoms with Gasteiger partial charge in [-0.15, -0.1) is 0 Å². The Bertz CT molecular complexity index is 470. The van der Waals surface area contributed by atoms with Gasteiger partial charge < -0.3 is 29.2 Å². The van der Waals surface area contributed by atoms with Gasteiger partial charge in [0, 0.05) is 27.7 Å². The maximum atomic E-state index is 11.3. The van der Waals surface area contributed by atoms with E-state index in [-0.39, 0.29) is 0 Å². The molecule has 0 radical (unpaired) electrons. The summed E-state index contributed by atoms with van der Waals surface area (Å²) in [4.78, 5) is 45.1. The Kier molecular flexibility index (Phi) is 6.67. The van der Waals surface area contributed by atoms with Crippen LogP contribution < -0.4 is 0 Å². The molecule has 1 aliphatic rings. The van der Waals surface area contributed by atoms with Crippen molar-refractivity contribution in [2.75, 3.05) is 0 Å². The van der Waals surface area contributed by atoms with Crippen molar-refractivity contribution in [3.63, 3.8) is 0 Å². The molecule has 6 atom stereocenters. The van der Waals surface area contributed by atoms with Crippen molar-refractivity contribution < 1.29 is 48.3 Å². The van der Waals surface area contributed by atoms with E-state index in [1.807, 2.05) is 0 Å². The fourth-order valence-electron chi connectivity index (χ4n) is 2.46. The zero-order valence-electron chi connectivity index (χ0n) is 13.6. The monoisotopic (exact) mass is 348 g/mol. The molecule has 0 spiro atoms. The molecule has 0 aromatic heterocycles. The Morgan fingerprint density at radius 1 is 0.542 bits per heavy atom. The molecule has 0 unspecified atom stereocenters. The van der Waals surface area contributed by atoms with E-state index in [0.29, 0.717) is 0 Å². The predicted octanol–water partition coefficient (Wildman–Crippen LogP) is -1.55. The molecule has 0 heterocycles. The van der Waals surface area contributed by atoms with E-state index in [0.717, 1.165) is 27.7 Å². The fraction of sp³-hybridized carbons (Fsp3) is 0.714. The standard InChI is InChI=1S/C14H20O10/c1-5(15)21-11-9(19)10(20)12(22-6(2)16)14(24-8(4)18)13(11)23-7(3)17/h9-14,19-20H,1-4H3/t9-,10+,11+,12-,13+,14-. The van der Waals surface area contributed by atoms with Crippen molar-refractivity contribution in [1.29, 1.82) is 0 Å². The van der Waals surface area contributed by atoms with Gasteiger partial charge in [-0.1, -0.05) is 0 Å². The average Bonchev–Trinajstić information content (AvgIpc) is 2.42. The van der Waals surface area contributed by atoms with Gasteiger partial charge in [0.25, 0.3) is 0 Å². The Balaban J connectivity index is 3.28. The average molecular weight is 348 g/mol. The number of rotatable bonds is 4. The quantitative estimate of drug-likeness (QED) is 0.452. The van der Waals surface area contributed by atoms with Crippen LogP contribution >= 0.6 is 0 Å². The van der Waals surface area contributed by atoms with Crippen LogP contribution in [0.25, 0.3) is 0 Å². The number of carbonyl (C=O) groups is 4. The smallest absolute Gasteiger partial charge is 0.303 e. The highest BCUT2D eigenvalue weighted by molar-refractivity contribution is 5.69. The van der Waals surface area contributed by atoms with Crippen LogP contribution in [0.1, 0.15) is 27.7 Å². The molecule has 0 saturated heterocycles. The number of esters is 4. The maximum Gasteiger partial charge on any atom is 0.303 e. The summed E-state index contributed by atoms with van der Waals surface area (Å²) in [5, 5.41) is 20.3. The van der Waals surface area contributed by atoms with E-state index < -0.39 is 60.5 Å². The molecule has 0 bridgehead atoms. The van der Waals surface area contributed by atoms with Crippen LogP contribution in [0.3, 0.4) is 0 Å². The van der Waals surface area contributed by atoms with Gasteiger partial charge in [-0.25, -0.2) is 0 Å². The first-order chi connectivity index (χ1) is 11.0.